The van der Waals surface area contributed by atoms with Crippen molar-refractivity contribution < 1.29 is 30.9 Å². The number of rotatable bonds is 7. The number of alkyl halides is 4. The molecule has 0 aliphatic carbocycles. The molecule has 120 valence electrons. The van der Waals surface area contributed by atoms with E-state index in [1.54, 1.807) is 0 Å². The molecule has 14 heteroatoms. The molecule has 8 nitrogen and oxygen atoms in total. The van der Waals surface area contributed by atoms with E-state index in [1.807, 2.05) is 5.43 Å². The summed E-state index contributed by atoms with van der Waals surface area (Å²) in [4.78, 5) is 9.66. The fourth-order valence-electron chi connectivity index (χ4n) is 1.07. The first kappa shape index (κ1) is 17.5. The fourth-order valence-corrected chi connectivity index (χ4v) is 3.40. The molecule has 4 N–H and O–H groups in total. The molecule has 1 aromatic heterocycles. The smallest absolute Gasteiger partial charge is 0.310 e. The van der Waals surface area contributed by atoms with Crippen molar-refractivity contribution in [3.8, 4) is 0 Å². The molecule has 1 aromatic rings. The van der Waals surface area contributed by atoms with E-state index in [0.717, 1.165) is 0 Å². The number of nitrogens with zero attached hydrogens (tertiary/aromatic N) is 1. The zero-order chi connectivity index (χ0) is 16.4. The predicted molar refractivity (Wildman–Crippen MR) is 64.9 cm³/mol. The monoisotopic (exact) mass is 352 g/mol. The van der Waals surface area contributed by atoms with E-state index >= 15 is 0 Å². The standard InChI is InChI=1S/C7H8F4N4O4S2/c8-6(9)7(10,11)2-13-21(18,19)4-1-3(15(16)17)5(14-12)20-4/h1,6,13-14H,2,12H2. The largest absolute Gasteiger partial charge is 0.320 e. The van der Waals surface area contributed by atoms with Crippen LogP contribution in [0.5, 0.6) is 0 Å². The third kappa shape index (κ3) is 3.99. The van der Waals surface area contributed by atoms with Gasteiger partial charge in [-0.05, 0) is 0 Å². The van der Waals surface area contributed by atoms with Crippen molar-refractivity contribution in [3.05, 3.63) is 16.2 Å². The average Bonchev–Trinajstić information content (AvgIpc) is 2.81. The maximum Gasteiger partial charge on any atom is 0.320 e. The molecule has 0 spiro atoms. The molecule has 0 saturated heterocycles. The Kier molecular flexibility index (Phi) is 5.08. The molecular weight excluding hydrogens is 344 g/mol. The molecule has 0 fully saturated rings. The molecule has 0 unspecified atom stereocenters. The van der Waals surface area contributed by atoms with Crippen LogP contribution in [0.3, 0.4) is 0 Å². The van der Waals surface area contributed by atoms with Crippen LogP contribution in [0.4, 0.5) is 28.3 Å². The number of nitro groups is 1. The van der Waals surface area contributed by atoms with Gasteiger partial charge in [0.15, 0.2) is 5.00 Å². The summed E-state index contributed by atoms with van der Waals surface area (Å²) >= 11 is 0.293. The lowest BCUT2D eigenvalue weighted by Gasteiger charge is -2.15. The molecule has 0 aliphatic rings. The van der Waals surface area contributed by atoms with Crippen molar-refractivity contribution in [2.45, 2.75) is 16.6 Å². The third-order valence-corrected chi connectivity index (χ3v) is 5.03. The lowest BCUT2D eigenvalue weighted by atomic mass is 10.4. The number of nitrogen functional groups attached to an aromatic ring is 1. The van der Waals surface area contributed by atoms with Gasteiger partial charge >= 0.3 is 18.0 Å². The SMILES string of the molecule is NNc1sc(S(=O)(=O)NCC(F)(F)C(F)F)cc1[N+](=O)[O-]. The quantitative estimate of drug-likeness (QED) is 0.292. The Labute approximate surface area is 119 Å². The third-order valence-electron chi connectivity index (χ3n) is 2.10. The second-order valence-electron chi connectivity index (χ2n) is 3.57. The number of nitrogens with one attached hydrogen (secondary N) is 2. The number of sulfonamides is 1. The van der Waals surface area contributed by atoms with Crippen LogP contribution in [0.2, 0.25) is 0 Å². The Balaban J connectivity index is 3.01. The molecule has 0 bridgehead atoms. The summed E-state index contributed by atoms with van der Waals surface area (Å²) < 4.78 is 73.0. The van der Waals surface area contributed by atoms with Gasteiger partial charge in [-0.15, -0.1) is 0 Å². The first-order valence-corrected chi connectivity index (χ1v) is 7.21. The molecule has 0 atom stereocenters. The van der Waals surface area contributed by atoms with Gasteiger partial charge in [-0.1, -0.05) is 11.3 Å². The van der Waals surface area contributed by atoms with Crippen LogP contribution >= 0.6 is 11.3 Å². The molecule has 0 aromatic carbocycles. The molecule has 0 amide bonds. The van der Waals surface area contributed by atoms with Crippen LogP contribution < -0.4 is 16.0 Å². The topological polar surface area (TPSA) is 127 Å². The van der Waals surface area contributed by atoms with Crippen molar-refractivity contribution in [2.24, 2.45) is 5.84 Å². The summed E-state index contributed by atoms with van der Waals surface area (Å²) in [5, 5.41) is 10.3. The van der Waals surface area contributed by atoms with Gasteiger partial charge in [0.1, 0.15) is 4.21 Å². The lowest BCUT2D eigenvalue weighted by Crippen LogP contribution is -2.41. The van der Waals surface area contributed by atoms with E-state index in [9.17, 15) is 36.1 Å². The minimum atomic E-state index is -4.62. The van der Waals surface area contributed by atoms with Crippen molar-refractivity contribution in [1.29, 1.82) is 0 Å². The zero-order valence-corrected chi connectivity index (χ0v) is 11.5. The zero-order valence-electron chi connectivity index (χ0n) is 9.85. The maximum absolute atomic E-state index is 12.7. The molecule has 0 radical (unpaired) electrons. The Bertz CT molecular complexity index is 633. The van der Waals surface area contributed by atoms with E-state index in [4.69, 9.17) is 5.84 Å². The Morgan fingerprint density at radius 3 is 2.43 bits per heavy atom. The highest BCUT2D eigenvalue weighted by atomic mass is 32.2. The van der Waals surface area contributed by atoms with Gasteiger partial charge in [-0.2, -0.15) is 8.78 Å². The summed E-state index contributed by atoms with van der Waals surface area (Å²) in [5.41, 5.74) is 1.19. The van der Waals surface area contributed by atoms with Gasteiger partial charge in [-0.3, -0.25) is 10.1 Å². The van der Waals surface area contributed by atoms with Crippen LogP contribution in [0.1, 0.15) is 0 Å². The maximum atomic E-state index is 12.7. The summed E-state index contributed by atoms with van der Waals surface area (Å²) in [5.74, 6) is 0.385. The molecule has 1 rings (SSSR count). The van der Waals surface area contributed by atoms with Crippen molar-refractivity contribution >= 4 is 32.0 Å². The van der Waals surface area contributed by atoms with Crippen molar-refractivity contribution in [1.82, 2.24) is 4.72 Å². The second-order valence-corrected chi connectivity index (χ2v) is 6.61. The highest BCUT2D eigenvalue weighted by molar-refractivity contribution is 7.91. The number of nitrogens with two attached hydrogens (primary N) is 1. The second kappa shape index (κ2) is 6.08. The van der Waals surface area contributed by atoms with Crippen molar-refractivity contribution in [3.63, 3.8) is 0 Å². The first-order chi connectivity index (χ1) is 9.51. The number of hydrazine groups is 1. The highest BCUT2D eigenvalue weighted by Gasteiger charge is 2.42. The first-order valence-electron chi connectivity index (χ1n) is 4.91. The number of hydrogen-bond acceptors (Lipinski definition) is 7. The van der Waals surface area contributed by atoms with E-state index in [0.29, 0.717) is 17.4 Å². The van der Waals surface area contributed by atoms with E-state index < -0.39 is 43.7 Å². The normalized spacial score (nSPS) is 12.7. The van der Waals surface area contributed by atoms with E-state index in [1.165, 1.54) is 4.72 Å². The van der Waals surface area contributed by atoms with Gasteiger partial charge in [0.05, 0.1) is 11.5 Å². The number of thiophene rings is 1. The Morgan fingerprint density at radius 1 is 1.48 bits per heavy atom. The van der Waals surface area contributed by atoms with E-state index in [2.05, 4.69) is 0 Å². The fraction of sp³-hybridized carbons (Fsp3) is 0.429. The summed E-state index contributed by atoms with van der Waals surface area (Å²) in [6, 6.07) is 0.572. The molecule has 21 heavy (non-hydrogen) atoms. The minimum Gasteiger partial charge on any atom is -0.310 e. The van der Waals surface area contributed by atoms with Crippen molar-refractivity contribution in [2.75, 3.05) is 12.0 Å². The highest BCUT2D eigenvalue weighted by Crippen LogP contribution is 2.36. The van der Waals surface area contributed by atoms with Crippen LogP contribution in [0.25, 0.3) is 0 Å². The predicted octanol–water partition coefficient (Wildman–Crippen LogP) is 1.12. The molecular formula is C7H8F4N4O4S2. The number of halogens is 4. The van der Waals surface area contributed by atoms with Gasteiger partial charge < -0.3 is 5.43 Å². The molecule has 0 saturated carbocycles. The average molecular weight is 352 g/mol. The van der Waals surface area contributed by atoms with Crippen LogP contribution in [0.15, 0.2) is 10.3 Å². The van der Waals surface area contributed by atoms with Crippen LogP contribution in [-0.2, 0) is 10.0 Å². The van der Waals surface area contributed by atoms with Crippen LogP contribution in [0, 0.1) is 10.1 Å². The molecule has 1 heterocycles. The lowest BCUT2D eigenvalue weighted by molar-refractivity contribution is -0.383. The Hall–Kier alpha value is -1.51. The van der Waals surface area contributed by atoms with E-state index in [-0.39, 0.29) is 5.00 Å². The van der Waals surface area contributed by atoms with Gasteiger partial charge in [-0.25, -0.2) is 27.8 Å². The van der Waals surface area contributed by atoms with Crippen LogP contribution in [-0.4, -0.2) is 32.2 Å². The molecule has 0 aliphatic heterocycles. The van der Waals surface area contributed by atoms with Gasteiger partial charge in [0.2, 0.25) is 0 Å². The summed E-state index contributed by atoms with van der Waals surface area (Å²) in [6.07, 6.45) is -4.06. The summed E-state index contributed by atoms with van der Waals surface area (Å²) in [7, 11) is -4.62. The minimum absolute atomic E-state index is 0.293. The number of anilines is 1. The number of hydrogen-bond donors (Lipinski definition) is 3. The van der Waals surface area contributed by atoms with Gasteiger partial charge in [0.25, 0.3) is 10.0 Å². The summed E-state index contributed by atoms with van der Waals surface area (Å²) in [6.45, 7) is -1.84. The van der Waals surface area contributed by atoms with Gasteiger partial charge in [0, 0.05) is 6.07 Å². The Morgan fingerprint density at radius 2 is 2.05 bits per heavy atom.